The fourth-order valence-electron chi connectivity index (χ4n) is 5.77. The van der Waals surface area contributed by atoms with Gasteiger partial charge in [0.25, 0.3) is 5.91 Å². The quantitative estimate of drug-likeness (QED) is 0.820. The molecule has 0 aliphatic heterocycles. The van der Waals surface area contributed by atoms with Crippen molar-refractivity contribution >= 4 is 23.4 Å². The summed E-state index contributed by atoms with van der Waals surface area (Å²) >= 11 is 0. The summed E-state index contributed by atoms with van der Waals surface area (Å²) < 4.78 is 0. The molecule has 150 valence electrons. The zero-order valence-corrected chi connectivity index (χ0v) is 16.7. The van der Waals surface area contributed by atoms with E-state index in [1.54, 1.807) is 38.4 Å². The summed E-state index contributed by atoms with van der Waals surface area (Å²) in [5.41, 5.74) is 1.01. The zero-order valence-electron chi connectivity index (χ0n) is 16.7. The highest BCUT2D eigenvalue weighted by Crippen LogP contribution is 2.60. The molecule has 4 fully saturated rings. The Balaban J connectivity index is 1.36. The standard InChI is InChI=1S/C22H29N3O3/c1-25(2)19(26)13-23-20(27)17-3-5-18(6-4-17)24-21(28)22-10-14-7-15(11-22)9-16(8-14)12-22/h3-6,14-16H,7-13H2,1-2H3,(H,23,27)(H,24,28). The van der Waals surface area contributed by atoms with Crippen molar-refractivity contribution in [2.45, 2.75) is 38.5 Å². The van der Waals surface area contributed by atoms with Gasteiger partial charge in [-0.25, -0.2) is 0 Å². The molecular formula is C22H29N3O3. The van der Waals surface area contributed by atoms with Crippen LogP contribution >= 0.6 is 0 Å². The molecule has 4 saturated carbocycles. The Bertz CT molecular complexity index is 749. The molecule has 6 nitrogen and oxygen atoms in total. The van der Waals surface area contributed by atoms with Gasteiger partial charge in [0.2, 0.25) is 11.8 Å². The summed E-state index contributed by atoms with van der Waals surface area (Å²) in [5, 5.41) is 5.71. The summed E-state index contributed by atoms with van der Waals surface area (Å²) in [7, 11) is 3.30. The Labute approximate surface area is 166 Å². The van der Waals surface area contributed by atoms with E-state index in [-0.39, 0.29) is 29.7 Å². The van der Waals surface area contributed by atoms with E-state index in [2.05, 4.69) is 10.6 Å². The van der Waals surface area contributed by atoms with Crippen LogP contribution in [0.3, 0.4) is 0 Å². The Morgan fingerprint density at radius 1 is 0.964 bits per heavy atom. The van der Waals surface area contributed by atoms with E-state index in [1.165, 1.54) is 24.2 Å². The maximum Gasteiger partial charge on any atom is 0.251 e. The predicted molar refractivity (Wildman–Crippen MR) is 107 cm³/mol. The second-order valence-corrected chi connectivity index (χ2v) is 9.20. The van der Waals surface area contributed by atoms with Crippen molar-refractivity contribution in [1.29, 1.82) is 0 Å². The number of rotatable bonds is 5. The molecule has 4 bridgehead atoms. The third-order valence-corrected chi connectivity index (χ3v) is 6.82. The van der Waals surface area contributed by atoms with E-state index in [4.69, 9.17) is 0 Å². The lowest BCUT2D eigenvalue weighted by molar-refractivity contribution is -0.140. The molecule has 0 saturated heterocycles. The van der Waals surface area contributed by atoms with Gasteiger partial charge in [-0.1, -0.05) is 0 Å². The molecule has 0 aromatic heterocycles. The molecular weight excluding hydrogens is 354 g/mol. The molecule has 0 radical (unpaired) electrons. The van der Waals surface area contributed by atoms with Gasteiger partial charge in [0.1, 0.15) is 0 Å². The Morgan fingerprint density at radius 3 is 2.00 bits per heavy atom. The second kappa shape index (κ2) is 7.22. The molecule has 3 amide bonds. The van der Waals surface area contributed by atoms with Crippen LogP contribution in [0.4, 0.5) is 5.69 Å². The lowest BCUT2D eigenvalue weighted by atomic mass is 9.49. The largest absolute Gasteiger partial charge is 0.347 e. The van der Waals surface area contributed by atoms with Gasteiger partial charge < -0.3 is 15.5 Å². The second-order valence-electron chi connectivity index (χ2n) is 9.20. The van der Waals surface area contributed by atoms with Gasteiger partial charge in [0, 0.05) is 25.3 Å². The number of amides is 3. The third-order valence-electron chi connectivity index (χ3n) is 6.82. The van der Waals surface area contributed by atoms with Crippen molar-refractivity contribution < 1.29 is 14.4 Å². The summed E-state index contributed by atoms with van der Waals surface area (Å²) in [6.45, 7) is -0.0314. The van der Waals surface area contributed by atoms with Crippen LogP contribution in [-0.2, 0) is 9.59 Å². The number of nitrogens with zero attached hydrogens (tertiary/aromatic N) is 1. The molecule has 28 heavy (non-hydrogen) atoms. The molecule has 1 aromatic carbocycles. The maximum absolute atomic E-state index is 13.1. The first-order valence-electron chi connectivity index (χ1n) is 10.2. The van der Waals surface area contributed by atoms with Crippen molar-refractivity contribution in [3.05, 3.63) is 29.8 Å². The maximum atomic E-state index is 13.1. The average Bonchev–Trinajstić information content (AvgIpc) is 2.65. The average molecular weight is 383 g/mol. The molecule has 0 atom stereocenters. The molecule has 4 aliphatic carbocycles. The number of carbonyl (C=O) groups excluding carboxylic acids is 3. The first-order chi connectivity index (χ1) is 13.3. The van der Waals surface area contributed by atoms with Crippen molar-refractivity contribution in [3.8, 4) is 0 Å². The van der Waals surface area contributed by atoms with Crippen LogP contribution in [0.15, 0.2) is 24.3 Å². The smallest absolute Gasteiger partial charge is 0.251 e. The van der Waals surface area contributed by atoms with Gasteiger partial charge >= 0.3 is 0 Å². The molecule has 4 aliphatic rings. The van der Waals surface area contributed by atoms with Crippen molar-refractivity contribution in [3.63, 3.8) is 0 Å². The minimum Gasteiger partial charge on any atom is -0.347 e. The van der Waals surface area contributed by atoms with E-state index in [9.17, 15) is 14.4 Å². The van der Waals surface area contributed by atoms with E-state index in [0.29, 0.717) is 5.56 Å². The number of carbonyl (C=O) groups is 3. The SMILES string of the molecule is CN(C)C(=O)CNC(=O)c1ccc(NC(=O)C23CC4CC(CC(C4)C2)C3)cc1. The van der Waals surface area contributed by atoms with E-state index in [0.717, 1.165) is 42.7 Å². The van der Waals surface area contributed by atoms with Crippen molar-refractivity contribution in [1.82, 2.24) is 10.2 Å². The van der Waals surface area contributed by atoms with E-state index in [1.807, 2.05) is 0 Å². The van der Waals surface area contributed by atoms with Crippen molar-refractivity contribution in [2.75, 3.05) is 26.0 Å². The normalized spacial score (nSPS) is 30.0. The van der Waals surface area contributed by atoms with Gasteiger partial charge in [-0.3, -0.25) is 14.4 Å². The lowest BCUT2D eigenvalue weighted by Crippen LogP contribution is -2.51. The first kappa shape index (κ1) is 19.0. The predicted octanol–water partition coefficient (Wildman–Crippen LogP) is 2.66. The highest BCUT2D eigenvalue weighted by molar-refractivity contribution is 5.98. The Hall–Kier alpha value is -2.37. The van der Waals surface area contributed by atoms with Gasteiger partial charge in [-0.15, -0.1) is 0 Å². The minimum atomic E-state index is -0.297. The summed E-state index contributed by atoms with van der Waals surface area (Å²) in [4.78, 5) is 38.3. The molecule has 0 unspecified atom stereocenters. The Morgan fingerprint density at radius 2 is 1.50 bits per heavy atom. The Kier molecular flexibility index (Phi) is 4.89. The van der Waals surface area contributed by atoms with Gasteiger partial charge in [0.05, 0.1) is 12.0 Å². The third kappa shape index (κ3) is 3.64. The van der Waals surface area contributed by atoms with Crippen LogP contribution in [0.25, 0.3) is 0 Å². The lowest BCUT2D eigenvalue weighted by Gasteiger charge is -2.55. The number of hydrogen-bond donors (Lipinski definition) is 2. The molecule has 5 rings (SSSR count). The minimum absolute atomic E-state index is 0.0314. The molecule has 1 aromatic rings. The van der Waals surface area contributed by atoms with Crippen molar-refractivity contribution in [2.24, 2.45) is 23.2 Å². The number of anilines is 1. The summed E-state index contributed by atoms with van der Waals surface area (Å²) in [6.07, 6.45) is 7.04. The number of likely N-dealkylation sites (N-methyl/N-ethyl adjacent to an activating group) is 1. The van der Waals surface area contributed by atoms with Crippen LogP contribution in [0.1, 0.15) is 48.9 Å². The van der Waals surface area contributed by atoms with Gasteiger partial charge in [-0.05, 0) is 80.5 Å². The van der Waals surface area contributed by atoms with E-state index >= 15 is 0 Å². The fourth-order valence-corrected chi connectivity index (χ4v) is 5.77. The van der Waals surface area contributed by atoms with Crippen LogP contribution < -0.4 is 10.6 Å². The molecule has 0 spiro atoms. The van der Waals surface area contributed by atoms with Crippen LogP contribution in [0.5, 0.6) is 0 Å². The first-order valence-corrected chi connectivity index (χ1v) is 10.2. The van der Waals surface area contributed by atoms with Crippen LogP contribution in [0.2, 0.25) is 0 Å². The highest BCUT2D eigenvalue weighted by Gasteiger charge is 2.54. The molecule has 0 heterocycles. The summed E-state index contributed by atoms with van der Waals surface area (Å²) in [6, 6.07) is 6.90. The zero-order chi connectivity index (χ0) is 19.9. The van der Waals surface area contributed by atoms with Crippen LogP contribution in [-0.4, -0.2) is 43.3 Å². The monoisotopic (exact) mass is 383 g/mol. The fraction of sp³-hybridized carbons (Fsp3) is 0.591. The molecule has 6 heteroatoms. The molecule has 2 N–H and O–H groups in total. The number of benzene rings is 1. The van der Waals surface area contributed by atoms with Gasteiger partial charge in [0.15, 0.2) is 0 Å². The van der Waals surface area contributed by atoms with E-state index < -0.39 is 0 Å². The highest BCUT2D eigenvalue weighted by atomic mass is 16.2. The number of nitrogens with one attached hydrogen (secondary N) is 2. The summed E-state index contributed by atoms with van der Waals surface area (Å²) in [5.74, 6) is 1.89. The van der Waals surface area contributed by atoms with Gasteiger partial charge in [-0.2, -0.15) is 0 Å². The number of hydrogen-bond acceptors (Lipinski definition) is 3. The topological polar surface area (TPSA) is 78.5 Å². The van der Waals surface area contributed by atoms with Crippen LogP contribution in [0, 0.1) is 23.2 Å².